The fourth-order valence-corrected chi connectivity index (χ4v) is 1.91. The Bertz CT molecular complexity index is 459. The van der Waals surface area contributed by atoms with Gasteiger partial charge in [0.05, 0.1) is 0 Å². The number of benzene rings is 1. The molecule has 1 aromatic carbocycles. The lowest BCUT2D eigenvalue weighted by Crippen LogP contribution is -2.32. The Labute approximate surface area is 101 Å². The van der Waals surface area contributed by atoms with Crippen LogP contribution in [0.3, 0.4) is 0 Å². The van der Waals surface area contributed by atoms with Crippen LogP contribution in [0.15, 0.2) is 18.2 Å². The van der Waals surface area contributed by atoms with E-state index in [2.05, 4.69) is 5.32 Å². The predicted octanol–water partition coefficient (Wildman–Crippen LogP) is 2.81. The lowest BCUT2D eigenvalue weighted by atomic mass is 9.97. The normalized spacial score (nSPS) is 17.3. The second-order valence-corrected chi connectivity index (χ2v) is 4.26. The van der Waals surface area contributed by atoms with Crippen molar-refractivity contribution in [3.05, 3.63) is 34.9 Å². The molecule has 1 heterocycles. The number of fused-ring (bicyclic) bond motifs is 1. The zero-order chi connectivity index (χ0) is 12.6. The van der Waals surface area contributed by atoms with E-state index in [1.165, 1.54) is 18.2 Å². The topological polar surface area (TPSA) is 29.1 Å². The molecule has 1 unspecified atom stereocenters. The van der Waals surface area contributed by atoms with E-state index in [0.29, 0.717) is 13.0 Å². The van der Waals surface area contributed by atoms with Crippen molar-refractivity contribution < 1.29 is 18.0 Å². The van der Waals surface area contributed by atoms with E-state index in [-0.39, 0.29) is 17.0 Å². The highest BCUT2D eigenvalue weighted by Gasteiger charge is 2.39. The number of carbonyl (C=O) groups excluding carboxylic acids is 1. The Morgan fingerprint density at radius 1 is 1.35 bits per heavy atom. The molecule has 0 fully saturated rings. The molecule has 1 aliphatic heterocycles. The second kappa shape index (κ2) is 4.22. The average molecular weight is 264 g/mol. The molecule has 92 valence electrons. The summed E-state index contributed by atoms with van der Waals surface area (Å²) in [5.74, 6) is -0.348. The number of halogens is 4. The van der Waals surface area contributed by atoms with Crippen LogP contribution in [0.4, 0.5) is 13.2 Å². The van der Waals surface area contributed by atoms with Crippen molar-refractivity contribution in [3.8, 4) is 0 Å². The van der Waals surface area contributed by atoms with Crippen molar-refractivity contribution in [1.29, 1.82) is 0 Å². The number of amides is 1. The molecule has 1 atom stereocenters. The SMILES string of the molecule is O=C1NCCc2ccc(C(Cl)C(F)(F)F)cc21. The van der Waals surface area contributed by atoms with Gasteiger partial charge in [0.1, 0.15) is 0 Å². The summed E-state index contributed by atoms with van der Waals surface area (Å²) in [6, 6.07) is 4.07. The summed E-state index contributed by atoms with van der Waals surface area (Å²) >= 11 is 5.32. The number of rotatable bonds is 1. The summed E-state index contributed by atoms with van der Waals surface area (Å²) < 4.78 is 37.3. The van der Waals surface area contributed by atoms with E-state index in [0.717, 1.165) is 5.56 Å². The van der Waals surface area contributed by atoms with Gasteiger partial charge >= 0.3 is 6.18 Å². The molecule has 0 saturated carbocycles. The third-order valence-electron chi connectivity index (χ3n) is 2.64. The van der Waals surface area contributed by atoms with E-state index < -0.39 is 11.6 Å². The van der Waals surface area contributed by atoms with Crippen molar-refractivity contribution in [2.24, 2.45) is 0 Å². The Morgan fingerprint density at radius 3 is 2.71 bits per heavy atom. The molecule has 1 amide bonds. The van der Waals surface area contributed by atoms with Gasteiger partial charge in [-0.3, -0.25) is 4.79 Å². The smallest absolute Gasteiger partial charge is 0.352 e. The van der Waals surface area contributed by atoms with Gasteiger partial charge in [-0.1, -0.05) is 12.1 Å². The van der Waals surface area contributed by atoms with Gasteiger partial charge in [-0.25, -0.2) is 0 Å². The van der Waals surface area contributed by atoms with Gasteiger partial charge in [-0.15, -0.1) is 11.6 Å². The first-order valence-electron chi connectivity index (χ1n) is 5.01. The third-order valence-corrected chi connectivity index (χ3v) is 3.14. The van der Waals surface area contributed by atoms with Crippen LogP contribution in [-0.4, -0.2) is 18.6 Å². The minimum absolute atomic E-state index is 0.102. The fraction of sp³-hybridized carbons (Fsp3) is 0.364. The van der Waals surface area contributed by atoms with Gasteiger partial charge in [-0.2, -0.15) is 13.2 Å². The Morgan fingerprint density at radius 2 is 2.06 bits per heavy atom. The number of hydrogen-bond acceptors (Lipinski definition) is 1. The average Bonchev–Trinajstić information content (AvgIpc) is 2.27. The molecule has 1 aliphatic rings. The Balaban J connectivity index is 2.39. The summed E-state index contributed by atoms with van der Waals surface area (Å²) in [5, 5.41) is 0.499. The number of nitrogens with one attached hydrogen (secondary N) is 1. The minimum atomic E-state index is -4.51. The molecule has 1 N–H and O–H groups in total. The van der Waals surface area contributed by atoms with Crippen LogP contribution < -0.4 is 5.32 Å². The zero-order valence-electron chi connectivity index (χ0n) is 8.64. The molecule has 0 aliphatic carbocycles. The second-order valence-electron chi connectivity index (χ2n) is 3.83. The highest BCUT2D eigenvalue weighted by atomic mass is 35.5. The maximum Gasteiger partial charge on any atom is 0.408 e. The first-order valence-corrected chi connectivity index (χ1v) is 5.45. The van der Waals surface area contributed by atoms with Gasteiger partial charge in [0, 0.05) is 12.1 Å². The summed E-state index contributed by atoms with van der Waals surface area (Å²) in [6.07, 6.45) is -3.89. The summed E-state index contributed by atoms with van der Waals surface area (Å²) in [5.41, 5.74) is 0.933. The molecule has 0 bridgehead atoms. The number of carbonyl (C=O) groups is 1. The van der Waals surface area contributed by atoms with Gasteiger partial charge in [0.15, 0.2) is 5.38 Å². The summed E-state index contributed by atoms with van der Waals surface area (Å²) in [6.45, 7) is 0.509. The van der Waals surface area contributed by atoms with Gasteiger partial charge < -0.3 is 5.32 Å². The highest BCUT2D eigenvalue weighted by Crippen LogP contribution is 2.38. The highest BCUT2D eigenvalue weighted by molar-refractivity contribution is 6.21. The van der Waals surface area contributed by atoms with Crippen LogP contribution >= 0.6 is 11.6 Å². The molecule has 0 saturated heterocycles. The minimum Gasteiger partial charge on any atom is -0.352 e. The summed E-state index contributed by atoms with van der Waals surface area (Å²) in [4.78, 5) is 11.5. The van der Waals surface area contributed by atoms with Gasteiger partial charge in [0.2, 0.25) is 0 Å². The molecular formula is C11H9ClF3NO. The first kappa shape index (κ1) is 12.2. The molecular weight excluding hydrogens is 255 g/mol. The van der Waals surface area contributed by atoms with Crippen LogP contribution in [0, 0.1) is 0 Å². The maximum absolute atomic E-state index is 12.4. The van der Waals surface area contributed by atoms with Gasteiger partial charge in [-0.05, 0) is 23.6 Å². The maximum atomic E-state index is 12.4. The molecule has 1 aromatic rings. The van der Waals surface area contributed by atoms with Crippen molar-refractivity contribution >= 4 is 17.5 Å². The monoisotopic (exact) mass is 263 g/mol. The van der Waals surface area contributed by atoms with Crippen LogP contribution in [0.25, 0.3) is 0 Å². The predicted molar refractivity (Wildman–Crippen MR) is 57.1 cm³/mol. The van der Waals surface area contributed by atoms with E-state index in [1.54, 1.807) is 0 Å². The quantitative estimate of drug-likeness (QED) is 0.776. The van der Waals surface area contributed by atoms with Crippen molar-refractivity contribution in [1.82, 2.24) is 5.32 Å². The van der Waals surface area contributed by atoms with Crippen molar-refractivity contribution in [2.75, 3.05) is 6.54 Å². The molecule has 6 heteroatoms. The van der Waals surface area contributed by atoms with Crippen molar-refractivity contribution in [3.63, 3.8) is 0 Å². The number of alkyl halides is 4. The number of hydrogen-bond donors (Lipinski definition) is 1. The van der Waals surface area contributed by atoms with Crippen LogP contribution in [-0.2, 0) is 6.42 Å². The molecule has 17 heavy (non-hydrogen) atoms. The first-order chi connectivity index (χ1) is 7.89. The third kappa shape index (κ3) is 2.39. The van der Waals surface area contributed by atoms with E-state index in [1.807, 2.05) is 0 Å². The lowest BCUT2D eigenvalue weighted by Gasteiger charge is -2.19. The summed E-state index contributed by atoms with van der Waals surface area (Å²) in [7, 11) is 0. The largest absolute Gasteiger partial charge is 0.408 e. The zero-order valence-corrected chi connectivity index (χ0v) is 9.40. The van der Waals surface area contributed by atoms with Crippen LogP contribution in [0.2, 0.25) is 0 Å². The van der Waals surface area contributed by atoms with E-state index in [4.69, 9.17) is 11.6 Å². The van der Waals surface area contributed by atoms with E-state index in [9.17, 15) is 18.0 Å². The molecule has 2 rings (SSSR count). The Kier molecular flexibility index (Phi) is 3.03. The van der Waals surface area contributed by atoms with Gasteiger partial charge in [0.25, 0.3) is 5.91 Å². The van der Waals surface area contributed by atoms with Crippen molar-refractivity contribution in [2.45, 2.75) is 18.0 Å². The molecule has 0 aromatic heterocycles. The fourth-order valence-electron chi connectivity index (χ4n) is 1.78. The van der Waals surface area contributed by atoms with Crippen LogP contribution in [0.5, 0.6) is 0 Å². The lowest BCUT2D eigenvalue weighted by molar-refractivity contribution is -0.131. The van der Waals surface area contributed by atoms with E-state index >= 15 is 0 Å². The molecule has 0 radical (unpaired) electrons. The standard InChI is InChI=1S/C11H9ClF3NO/c12-9(11(13,14)15)7-2-1-6-3-4-16-10(17)8(6)5-7/h1-2,5,9H,3-4H2,(H,16,17). The molecule has 0 spiro atoms. The molecule has 2 nitrogen and oxygen atoms in total. The Hall–Kier alpha value is -1.23. The van der Waals surface area contributed by atoms with Crippen LogP contribution in [0.1, 0.15) is 26.9 Å².